The van der Waals surface area contributed by atoms with E-state index in [9.17, 15) is 4.79 Å². The van der Waals surface area contributed by atoms with Crippen LogP contribution < -0.4 is 0 Å². The molecule has 0 unspecified atom stereocenters. The number of aromatic nitrogens is 3. The first kappa shape index (κ1) is 13.7. The summed E-state index contributed by atoms with van der Waals surface area (Å²) >= 11 is 1.18. The van der Waals surface area contributed by atoms with Gasteiger partial charge in [-0.15, -0.1) is 11.3 Å². The molecule has 0 aliphatic carbocycles. The molecule has 0 bridgehead atoms. The van der Waals surface area contributed by atoms with E-state index in [2.05, 4.69) is 10.1 Å². The van der Waals surface area contributed by atoms with Gasteiger partial charge >= 0.3 is 5.97 Å². The van der Waals surface area contributed by atoms with Crippen LogP contribution in [0, 0.1) is 6.92 Å². The number of hydrogen-bond acceptors (Lipinski definition) is 5. The van der Waals surface area contributed by atoms with Crippen LogP contribution in [0.1, 0.15) is 20.9 Å². The molecule has 0 aliphatic heterocycles. The van der Waals surface area contributed by atoms with Crippen LogP contribution in [0.15, 0.2) is 24.4 Å². The van der Waals surface area contributed by atoms with Gasteiger partial charge in [-0.3, -0.25) is 0 Å². The Morgan fingerprint density at radius 1 is 1.48 bits per heavy atom. The van der Waals surface area contributed by atoms with Crippen molar-refractivity contribution in [2.45, 2.75) is 13.5 Å². The van der Waals surface area contributed by atoms with Crippen molar-refractivity contribution < 1.29 is 14.6 Å². The van der Waals surface area contributed by atoms with Crippen LogP contribution in [0.2, 0.25) is 0 Å². The summed E-state index contributed by atoms with van der Waals surface area (Å²) in [6.07, 6.45) is 1.71. The topological polar surface area (TPSA) is 77.2 Å². The maximum absolute atomic E-state index is 11.2. The van der Waals surface area contributed by atoms with Crippen molar-refractivity contribution in [3.05, 3.63) is 40.5 Å². The number of methoxy groups -OCH3 is 1. The highest BCUT2D eigenvalue weighted by Gasteiger charge is 2.18. The number of fused-ring (bicyclic) bond motifs is 1. The number of pyridine rings is 1. The van der Waals surface area contributed by atoms with Gasteiger partial charge in [0.1, 0.15) is 9.71 Å². The van der Waals surface area contributed by atoms with E-state index in [0.29, 0.717) is 18.1 Å². The van der Waals surface area contributed by atoms with Gasteiger partial charge in [0.05, 0.1) is 12.3 Å². The third kappa shape index (κ3) is 2.41. The van der Waals surface area contributed by atoms with Crippen molar-refractivity contribution in [1.29, 1.82) is 0 Å². The molecule has 3 aromatic rings. The summed E-state index contributed by atoms with van der Waals surface area (Å²) in [7, 11) is 1.58. The van der Waals surface area contributed by atoms with Crippen LogP contribution in [0.3, 0.4) is 0 Å². The van der Waals surface area contributed by atoms with E-state index in [4.69, 9.17) is 9.84 Å². The summed E-state index contributed by atoms with van der Waals surface area (Å²) in [4.78, 5) is 16.5. The van der Waals surface area contributed by atoms with Gasteiger partial charge in [0.2, 0.25) is 0 Å². The fourth-order valence-electron chi connectivity index (χ4n) is 2.11. The minimum absolute atomic E-state index is 0.279. The molecule has 0 aliphatic rings. The quantitative estimate of drug-likeness (QED) is 0.801. The van der Waals surface area contributed by atoms with Gasteiger partial charge in [0, 0.05) is 18.7 Å². The van der Waals surface area contributed by atoms with Crippen LogP contribution in [0.4, 0.5) is 0 Å². The number of hydrogen-bond donors (Lipinski definition) is 1. The lowest BCUT2D eigenvalue weighted by atomic mass is 10.3. The summed E-state index contributed by atoms with van der Waals surface area (Å²) in [5.41, 5.74) is 1.77. The smallest absolute Gasteiger partial charge is 0.345 e. The molecule has 3 aromatic heterocycles. The zero-order valence-corrected chi connectivity index (χ0v) is 12.3. The molecule has 0 aromatic carbocycles. The molecule has 3 rings (SSSR count). The Morgan fingerprint density at radius 2 is 2.29 bits per heavy atom. The number of rotatable bonds is 4. The predicted octanol–water partition coefficient (Wildman–Crippen LogP) is 2.64. The Morgan fingerprint density at radius 3 is 2.95 bits per heavy atom. The van der Waals surface area contributed by atoms with Crippen molar-refractivity contribution in [2.24, 2.45) is 0 Å². The van der Waals surface area contributed by atoms with Gasteiger partial charge in [-0.2, -0.15) is 5.10 Å². The summed E-state index contributed by atoms with van der Waals surface area (Å²) < 4.78 is 6.81. The first-order valence-corrected chi connectivity index (χ1v) is 7.08. The number of aryl methyl sites for hydroxylation is 1. The Hall–Kier alpha value is -2.25. The highest BCUT2D eigenvalue weighted by Crippen LogP contribution is 2.30. The molecule has 21 heavy (non-hydrogen) atoms. The lowest BCUT2D eigenvalue weighted by Crippen LogP contribution is -2.00. The molecule has 0 fully saturated rings. The van der Waals surface area contributed by atoms with Gasteiger partial charge in [-0.1, -0.05) is 0 Å². The predicted molar refractivity (Wildman–Crippen MR) is 79.2 cm³/mol. The molecular weight excluding hydrogens is 290 g/mol. The zero-order chi connectivity index (χ0) is 15.0. The van der Waals surface area contributed by atoms with Gasteiger partial charge in [0.25, 0.3) is 0 Å². The maximum Gasteiger partial charge on any atom is 0.345 e. The fraction of sp³-hybridized carbons (Fsp3) is 0.214. The molecule has 3 heterocycles. The molecule has 0 atom stereocenters. The van der Waals surface area contributed by atoms with Crippen LogP contribution in [-0.2, 0) is 11.3 Å². The number of ether oxygens (including phenoxy) is 1. The van der Waals surface area contributed by atoms with Crippen molar-refractivity contribution in [2.75, 3.05) is 7.11 Å². The molecule has 0 saturated heterocycles. The van der Waals surface area contributed by atoms with Crippen molar-refractivity contribution in [3.8, 4) is 5.82 Å². The summed E-state index contributed by atoms with van der Waals surface area (Å²) in [5, 5.41) is 14.5. The van der Waals surface area contributed by atoms with E-state index in [1.807, 2.05) is 19.1 Å². The molecule has 108 valence electrons. The van der Waals surface area contributed by atoms with Crippen LogP contribution in [-0.4, -0.2) is 33.0 Å². The number of thiophene rings is 1. The molecule has 0 amide bonds. The Bertz CT molecular complexity index is 822. The molecule has 0 radical (unpaired) electrons. The second kappa shape index (κ2) is 5.27. The van der Waals surface area contributed by atoms with Gasteiger partial charge in [-0.25, -0.2) is 14.5 Å². The second-order valence-electron chi connectivity index (χ2n) is 4.62. The molecule has 7 heteroatoms. The summed E-state index contributed by atoms with van der Waals surface area (Å²) in [6.45, 7) is 2.30. The van der Waals surface area contributed by atoms with Crippen LogP contribution in [0.5, 0.6) is 0 Å². The van der Waals surface area contributed by atoms with Gasteiger partial charge in [-0.05, 0) is 30.7 Å². The lowest BCUT2D eigenvalue weighted by Gasteiger charge is -2.02. The number of carbonyl (C=O) groups is 1. The molecule has 6 nitrogen and oxygen atoms in total. The standard InChI is InChI=1S/C14H13N3O3S/c1-8-3-4-15-12(5-8)17-13-9(10(16-17)7-20-2)6-11(21-13)14(18)19/h3-6H,7H2,1-2H3,(H,18,19). The van der Waals surface area contributed by atoms with Gasteiger partial charge in [0.15, 0.2) is 5.82 Å². The van der Waals surface area contributed by atoms with Gasteiger partial charge < -0.3 is 9.84 Å². The maximum atomic E-state index is 11.2. The van der Waals surface area contributed by atoms with E-state index in [1.54, 1.807) is 24.1 Å². The first-order valence-electron chi connectivity index (χ1n) is 6.27. The largest absolute Gasteiger partial charge is 0.477 e. The number of carboxylic acids is 1. The minimum Gasteiger partial charge on any atom is -0.477 e. The number of carboxylic acid groups (broad SMARTS) is 1. The summed E-state index contributed by atoms with van der Waals surface area (Å²) in [5.74, 6) is -0.274. The molecule has 0 saturated carbocycles. The SMILES string of the molecule is COCc1nn(-c2cc(C)ccn2)c2sc(C(=O)O)cc12. The minimum atomic E-state index is -0.941. The summed E-state index contributed by atoms with van der Waals surface area (Å²) in [6, 6.07) is 5.44. The molecule has 0 spiro atoms. The average molecular weight is 303 g/mol. The van der Waals surface area contributed by atoms with Crippen molar-refractivity contribution >= 4 is 27.5 Å². The average Bonchev–Trinajstić information content (AvgIpc) is 3.00. The third-order valence-electron chi connectivity index (χ3n) is 3.05. The lowest BCUT2D eigenvalue weighted by molar-refractivity contribution is 0.0702. The second-order valence-corrected chi connectivity index (χ2v) is 5.65. The normalized spacial score (nSPS) is 11.1. The van der Waals surface area contributed by atoms with Crippen LogP contribution in [0.25, 0.3) is 16.0 Å². The van der Waals surface area contributed by atoms with E-state index >= 15 is 0 Å². The molecule has 1 N–H and O–H groups in total. The highest BCUT2D eigenvalue weighted by atomic mass is 32.1. The van der Waals surface area contributed by atoms with Crippen molar-refractivity contribution in [3.63, 3.8) is 0 Å². The van der Waals surface area contributed by atoms with E-state index in [-0.39, 0.29) is 4.88 Å². The van der Waals surface area contributed by atoms with E-state index in [0.717, 1.165) is 15.8 Å². The molecular formula is C14H13N3O3S. The van der Waals surface area contributed by atoms with Crippen molar-refractivity contribution in [1.82, 2.24) is 14.8 Å². The third-order valence-corrected chi connectivity index (χ3v) is 4.14. The Kier molecular flexibility index (Phi) is 3.44. The fourth-order valence-corrected chi connectivity index (χ4v) is 3.09. The monoisotopic (exact) mass is 303 g/mol. The van der Waals surface area contributed by atoms with Crippen LogP contribution >= 0.6 is 11.3 Å². The Labute approximate surface area is 124 Å². The highest BCUT2D eigenvalue weighted by molar-refractivity contribution is 7.20. The Balaban J connectivity index is 2.24. The zero-order valence-electron chi connectivity index (χ0n) is 11.5. The first-order chi connectivity index (χ1) is 10.1. The van der Waals surface area contributed by atoms with E-state index < -0.39 is 5.97 Å². The number of nitrogens with zero attached hydrogens (tertiary/aromatic N) is 3. The number of aromatic carboxylic acids is 1. The van der Waals surface area contributed by atoms with E-state index in [1.165, 1.54) is 11.3 Å².